The fourth-order valence-corrected chi connectivity index (χ4v) is 2.28. The van der Waals surface area contributed by atoms with Crippen molar-refractivity contribution in [3.8, 4) is 0 Å². The first-order valence-electron chi connectivity index (χ1n) is 7.91. The number of amides is 1. The number of esters is 1. The fraction of sp³-hybridized carbons (Fsp3) is 0.263. The highest BCUT2D eigenvalue weighted by atomic mass is 19.1. The number of hydrogen-bond donors (Lipinski definition) is 1. The molecule has 6 heteroatoms. The molecule has 0 saturated carbocycles. The maximum atomic E-state index is 13.5. The lowest BCUT2D eigenvalue weighted by Crippen LogP contribution is -2.36. The van der Waals surface area contributed by atoms with Crippen molar-refractivity contribution in [2.24, 2.45) is 0 Å². The second kappa shape index (κ2) is 8.92. The van der Waals surface area contributed by atoms with E-state index in [9.17, 15) is 18.4 Å². The van der Waals surface area contributed by atoms with E-state index in [1.54, 1.807) is 0 Å². The quantitative estimate of drug-likeness (QED) is 0.782. The Bertz CT molecular complexity index is 735. The largest absolute Gasteiger partial charge is 0.452 e. The van der Waals surface area contributed by atoms with Crippen molar-refractivity contribution in [2.45, 2.75) is 25.8 Å². The van der Waals surface area contributed by atoms with Gasteiger partial charge in [-0.1, -0.05) is 30.3 Å². The molecule has 0 fully saturated rings. The summed E-state index contributed by atoms with van der Waals surface area (Å²) in [6.07, 6.45) is 1.54. The van der Waals surface area contributed by atoms with Crippen molar-refractivity contribution < 1.29 is 23.1 Å². The number of halogens is 2. The molecule has 0 aromatic heterocycles. The zero-order valence-electron chi connectivity index (χ0n) is 13.8. The summed E-state index contributed by atoms with van der Waals surface area (Å²) in [5, 5.41) is 2.71. The zero-order chi connectivity index (χ0) is 18.2. The molecule has 132 valence electrons. The summed E-state index contributed by atoms with van der Waals surface area (Å²) in [6, 6.07) is 12.3. The Balaban J connectivity index is 1.75. The summed E-state index contributed by atoms with van der Waals surface area (Å²) in [5.41, 5.74) is 0.758. The first kappa shape index (κ1) is 18.6. The minimum atomic E-state index is -1.03. The Morgan fingerprint density at radius 1 is 1.12 bits per heavy atom. The minimum absolute atomic E-state index is 0.103. The van der Waals surface area contributed by atoms with Crippen LogP contribution in [0.5, 0.6) is 0 Å². The number of ether oxygens (including phenoxy) is 1. The molecule has 4 nitrogen and oxygen atoms in total. The van der Waals surface area contributed by atoms with Crippen molar-refractivity contribution in [2.75, 3.05) is 6.61 Å². The molecule has 0 saturated heterocycles. The Morgan fingerprint density at radius 3 is 2.52 bits per heavy atom. The predicted molar refractivity (Wildman–Crippen MR) is 89.0 cm³/mol. The van der Waals surface area contributed by atoms with Crippen LogP contribution in [0.1, 0.15) is 29.3 Å². The van der Waals surface area contributed by atoms with Crippen molar-refractivity contribution in [3.63, 3.8) is 0 Å². The normalized spacial score (nSPS) is 11.6. The average molecular weight is 347 g/mol. The molecule has 25 heavy (non-hydrogen) atoms. The van der Waals surface area contributed by atoms with Crippen LogP contribution < -0.4 is 5.32 Å². The molecule has 2 aromatic rings. The highest BCUT2D eigenvalue weighted by Crippen LogP contribution is 2.11. The van der Waals surface area contributed by atoms with Crippen molar-refractivity contribution in [1.82, 2.24) is 5.32 Å². The van der Waals surface area contributed by atoms with Crippen molar-refractivity contribution >= 4 is 11.9 Å². The summed E-state index contributed by atoms with van der Waals surface area (Å²) in [4.78, 5) is 23.5. The predicted octanol–water partition coefficient (Wildman–Crippen LogP) is 3.26. The van der Waals surface area contributed by atoms with Crippen LogP contribution >= 0.6 is 0 Å². The average Bonchev–Trinajstić information content (AvgIpc) is 2.59. The Kier molecular flexibility index (Phi) is 6.62. The first-order chi connectivity index (χ1) is 12.0. The van der Waals surface area contributed by atoms with Gasteiger partial charge in [-0.05, 0) is 37.5 Å². The molecule has 1 amide bonds. The van der Waals surface area contributed by atoms with E-state index in [-0.39, 0.29) is 6.04 Å². The Morgan fingerprint density at radius 2 is 1.84 bits per heavy atom. The van der Waals surface area contributed by atoms with E-state index in [4.69, 9.17) is 4.74 Å². The molecule has 0 radical (unpaired) electrons. The van der Waals surface area contributed by atoms with E-state index < -0.39 is 35.7 Å². The van der Waals surface area contributed by atoms with Crippen LogP contribution in [-0.2, 0) is 16.0 Å². The van der Waals surface area contributed by atoms with Gasteiger partial charge in [0, 0.05) is 12.1 Å². The molecular weight excluding hydrogens is 328 g/mol. The molecular formula is C19H19F2NO3. The van der Waals surface area contributed by atoms with E-state index in [0.29, 0.717) is 6.07 Å². The topological polar surface area (TPSA) is 55.4 Å². The van der Waals surface area contributed by atoms with Gasteiger partial charge in [0.15, 0.2) is 6.61 Å². The van der Waals surface area contributed by atoms with Gasteiger partial charge in [-0.3, -0.25) is 4.79 Å². The smallest absolute Gasteiger partial charge is 0.341 e. The second-order valence-corrected chi connectivity index (χ2v) is 5.69. The monoisotopic (exact) mass is 347 g/mol. The Labute approximate surface area is 144 Å². The summed E-state index contributed by atoms with van der Waals surface area (Å²) in [5.74, 6) is -3.30. The fourth-order valence-electron chi connectivity index (χ4n) is 2.28. The third-order valence-electron chi connectivity index (χ3n) is 3.60. The molecule has 0 heterocycles. The van der Waals surface area contributed by atoms with Crippen LogP contribution in [0.4, 0.5) is 8.78 Å². The number of carbonyl (C=O) groups is 2. The Hall–Kier alpha value is -2.76. The number of carbonyl (C=O) groups excluding carboxylic acids is 2. The zero-order valence-corrected chi connectivity index (χ0v) is 13.8. The van der Waals surface area contributed by atoms with Gasteiger partial charge in [-0.25, -0.2) is 13.6 Å². The van der Waals surface area contributed by atoms with Gasteiger partial charge in [0.1, 0.15) is 11.6 Å². The van der Waals surface area contributed by atoms with Gasteiger partial charge < -0.3 is 10.1 Å². The van der Waals surface area contributed by atoms with Crippen molar-refractivity contribution in [3.05, 3.63) is 71.3 Å². The molecule has 0 bridgehead atoms. The van der Waals surface area contributed by atoms with E-state index in [0.717, 1.165) is 25.0 Å². The minimum Gasteiger partial charge on any atom is -0.452 e. The highest BCUT2D eigenvalue weighted by Gasteiger charge is 2.16. The summed E-state index contributed by atoms with van der Waals surface area (Å²) < 4.78 is 31.0. The number of hydrogen-bond acceptors (Lipinski definition) is 3. The summed E-state index contributed by atoms with van der Waals surface area (Å²) >= 11 is 0. The van der Waals surface area contributed by atoms with Gasteiger partial charge in [0.25, 0.3) is 5.91 Å². The van der Waals surface area contributed by atoms with Crippen LogP contribution in [-0.4, -0.2) is 24.5 Å². The molecule has 1 atom stereocenters. The van der Waals surface area contributed by atoms with E-state index >= 15 is 0 Å². The number of nitrogens with one attached hydrogen (secondary N) is 1. The standard InChI is InChI=1S/C19H19F2NO3/c1-13(7-8-14-5-3-2-4-6-14)22-18(23)12-25-19(24)16-10-9-15(20)11-17(16)21/h2-6,9-11,13H,7-8,12H2,1H3,(H,22,23)/t13-/m0/s1. The lowest BCUT2D eigenvalue weighted by atomic mass is 10.1. The van der Waals surface area contributed by atoms with Gasteiger partial charge in [0.2, 0.25) is 0 Å². The molecule has 0 aliphatic heterocycles. The number of benzene rings is 2. The van der Waals surface area contributed by atoms with Crippen LogP contribution in [0.15, 0.2) is 48.5 Å². The molecule has 0 unspecified atom stereocenters. The maximum absolute atomic E-state index is 13.5. The third kappa shape index (κ3) is 5.99. The van der Waals surface area contributed by atoms with Crippen LogP contribution in [0.2, 0.25) is 0 Å². The van der Waals surface area contributed by atoms with Gasteiger partial charge in [-0.15, -0.1) is 0 Å². The summed E-state index contributed by atoms with van der Waals surface area (Å²) in [7, 11) is 0. The van der Waals surface area contributed by atoms with Crippen molar-refractivity contribution in [1.29, 1.82) is 0 Å². The van der Waals surface area contributed by atoms with Gasteiger partial charge in [0.05, 0.1) is 5.56 Å². The third-order valence-corrected chi connectivity index (χ3v) is 3.60. The maximum Gasteiger partial charge on any atom is 0.341 e. The number of aryl methyl sites for hydroxylation is 1. The van der Waals surface area contributed by atoms with E-state index in [1.807, 2.05) is 37.3 Å². The molecule has 0 spiro atoms. The molecule has 2 rings (SSSR count). The molecule has 1 N–H and O–H groups in total. The molecule has 0 aliphatic carbocycles. The van der Waals surface area contributed by atoms with Gasteiger partial charge in [-0.2, -0.15) is 0 Å². The van der Waals surface area contributed by atoms with E-state index in [1.165, 1.54) is 5.56 Å². The molecule has 2 aromatic carbocycles. The van der Waals surface area contributed by atoms with Crippen LogP contribution in [0.3, 0.4) is 0 Å². The number of rotatable bonds is 7. The molecule has 0 aliphatic rings. The highest BCUT2D eigenvalue weighted by molar-refractivity contribution is 5.91. The lowest BCUT2D eigenvalue weighted by molar-refractivity contribution is -0.124. The second-order valence-electron chi connectivity index (χ2n) is 5.69. The lowest BCUT2D eigenvalue weighted by Gasteiger charge is -2.14. The van der Waals surface area contributed by atoms with Gasteiger partial charge >= 0.3 is 5.97 Å². The SMILES string of the molecule is C[C@@H](CCc1ccccc1)NC(=O)COC(=O)c1ccc(F)cc1F. The van der Waals surface area contributed by atoms with Crippen LogP contribution in [0, 0.1) is 11.6 Å². The first-order valence-corrected chi connectivity index (χ1v) is 7.91. The summed E-state index contributed by atoms with van der Waals surface area (Å²) in [6.45, 7) is 1.33. The van der Waals surface area contributed by atoms with E-state index in [2.05, 4.69) is 5.32 Å². The van der Waals surface area contributed by atoms with Crippen LogP contribution in [0.25, 0.3) is 0 Å².